The molecule has 0 atom stereocenters. The second-order valence-corrected chi connectivity index (χ2v) is 7.57. The molecule has 2 heterocycles. The van der Waals surface area contributed by atoms with E-state index in [-0.39, 0.29) is 4.90 Å². The molecular weight excluding hydrogens is 319 g/mol. The van der Waals surface area contributed by atoms with Crippen LogP contribution in [-0.4, -0.2) is 49.1 Å². The van der Waals surface area contributed by atoms with Crippen LogP contribution in [0.4, 0.5) is 10.1 Å². The summed E-state index contributed by atoms with van der Waals surface area (Å²) < 4.78 is 39.9. The molecule has 1 fully saturated rings. The minimum absolute atomic E-state index is 0.00150. The predicted molar refractivity (Wildman–Crippen MR) is 85.4 cm³/mol. The van der Waals surface area contributed by atoms with Crippen molar-refractivity contribution in [2.24, 2.45) is 0 Å². The second kappa shape index (κ2) is 5.93. The van der Waals surface area contributed by atoms with Gasteiger partial charge in [-0.25, -0.2) is 12.8 Å². The van der Waals surface area contributed by atoms with Crippen LogP contribution in [-0.2, 0) is 10.0 Å². The molecule has 2 aromatic rings. The third-order valence-electron chi connectivity index (χ3n) is 4.08. The lowest BCUT2D eigenvalue weighted by molar-refractivity contribution is 0.384. The molecule has 0 saturated carbocycles. The van der Waals surface area contributed by atoms with E-state index in [1.54, 1.807) is 0 Å². The van der Waals surface area contributed by atoms with Crippen LogP contribution in [0.15, 0.2) is 29.2 Å². The first-order chi connectivity index (χ1) is 10.9. The first kappa shape index (κ1) is 15.9. The number of nitrogens with one attached hydrogen (secondary N) is 1. The van der Waals surface area contributed by atoms with Crippen molar-refractivity contribution in [3.05, 3.63) is 41.5 Å². The van der Waals surface area contributed by atoms with Gasteiger partial charge in [0.1, 0.15) is 5.82 Å². The molecule has 1 aromatic carbocycles. The van der Waals surface area contributed by atoms with Gasteiger partial charge in [-0.3, -0.25) is 5.10 Å². The Balaban J connectivity index is 1.76. The summed E-state index contributed by atoms with van der Waals surface area (Å²) in [5, 5.41) is 7.12. The van der Waals surface area contributed by atoms with Gasteiger partial charge in [0, 0.05) is 26.2 Å². The summed E-state index contributed by atoms with van der Waals surface area (Å²) in [7, 11) is -3.65. The molecular formula is C15H19FN4O2S. The zero-order chi connectivity index (χ0) is 16.6. The highest BCUT2D eigenvalue weighted by Gasteiger charge is 2.30. The molecule has 23 heavy (non-hydrogen) atoms. The average molecular weight is 338 g/mol. The van der Waals surface area contributed by atoms with E-state index in [1.807, 2.05) is 13.8 Å². The number of aryl methyl sites for hydroxylation is 2. The third-order valence-corrected chi connectivity index (χ3v) is 5.97. The molecule has 0 aliphatic carbocycles. The standard InChI is InChI=1S/C15H19FN4O2S/c1-11-15(12(2)18-17-11)19-6-8-20(9-7-19)23(21,22)14-5-3-4-13(16)10-14/h3-5,10H,6-9H2,1-2H3,(H,17,18). The van der Waals surface area contributed by atoms with Crippen LogP contribution in [0.1, 0.15) is 11.4 Å². The molecule has 0 amide bonds. The van der Waals surface area contributed by atoms with Gasteiger partial charge in [-0.05, 0) is 32.0 Å². The Morgan fingerprint density at radius 3 is 2.43 bits per heavy atom. The Bertz CT molecular complexity index is 791. The number of sulfonamides is 1. The Hall–Kier alpha value is -1.93. The summed E-state index contributed by atoms with van der Waals surface area (Å²) in [5.74, 6) is -0.547. The van der Waals surface area contributed by atoms with E-state index in [0.29, 0.717) is 26.2 Å². The van der Waals surface area contributed by atoms with Crippen LogP contribution in [0.3, 0.4) is 0 Å². The highest BCUT2D eigenvalue weighted by atomic mass is 32.2. The van der Waals surface area contributed by atoms with Gasteiger partial charge < -0.3 is 4.90 Å². The molecule has 1 saturated heterocycles. The van der Waals surface area contributed by atoms with Gasteiger partial charge in [-0.1, -0.05) is 6.07 Å². The predicted octanol–water partition coefficient (Wildman–Crippen LogP) is 1.68. The van der Waals surface area contributed by atoms with Crippen LogP contribution >= 0.6 is 0 Å². The minimum atomic E-state index is -3.65. The molecule has 0 spiro atoms. The summed E-state index contributed by atoms with van der Waals surface area (Å²) in [6, 6.07) is 5.14. The maximum Gasteiger partial charge on any atom is 0.243 e. The molecule has 6 nitrogen and oxygen atoms in total. The number of aromatic nitrogens is 2. The van der Waals surface area contributed by atoms with Gasteiger partial charge >= 0.3 is 0 Å². The number of piperazine rings is 1. The maximum atomic E-state index is 13.3. The average Bonchev–Trinajstić information content (AvgIpc) is 2.86. The normalized spacial score (nSPS) is 16.7. The lowest BCUT2D eigenvalue weighted by Crippen LogP contribution is -2.49. The number of nitrogens with zero attached hydrogens (tertiary/aromatic N) is 3. The van der Waals surface area contributed by atoms with E-state index in [2.05, 4.69) is 15.1 Å². The Morgan fingerprint density at radius 1 is 1.17 bits per heavy atom. The zero-order valence-corrected chi connectivity index (χ0v) is 13.9. The fourth-order valence-electron chi connectivity index (χ4n) is 2.94. The molecule has 1 N–H and O–H groups in total. The molecule has 0 unspecified atom stereocenters. The fraction of sp³-hybridized carbons (Fsp3) is 0.400. The van der Waals surface area contributed by atoms with Gasteiger partial charge in [0.05, 0.1) is 22.0 Å². The van der Waals surface area contributed by atoms with E-state index in [4.69, 9.17) is 0 Å². The van der Waals surface area contributed by atoms with Crippen molar-refractivity contribution in [2.75, 3.05) is 31.1 Å². The molecule has 0 radical (unpaired) electrons. The van der Waals surface area contributed by atoms with Crippen LogP contribution in [0, 0.1) is 19.7 Å². The lowest BCUT2D eigenvalue weighted by atomic mass is 10.2. The van der Waals surface area contributed by atoms with Crippen LogP contribution in [0.2, 0.25) is 0 Å². The van der Waals surface area contributed by atoms with E-state index in [9.17, 15) is 12.8 Å². The first-order valence-corrected chi connectivity index (χ1v) is 8.86. The summed E-state index contributed by atoms with van der Waals surface area (Å²) in [5.41, 5.74) is 2.92. The number of halogens is 1. The maximum absolute atomic E-state index is 13.3. The van der Waals surface area contributed by atoms with Crippen molar-refractivity contribution in [3.63, 3.8) is 0 Å². The number of hydrogen-bond acceptors (Lipinski definition) is 4. The van der Waals surface area contributed by atoms with Crippen LogP contribution in [0.25, 0.3) is 0 Å². The van der Waals surface area contributed by atoms with Gasteiger partial charge in [-0.15, -0.1) is 0 Å². The number of rotatable bonds is 3. The molecule has 1 aliphatic heterocycles. The van der Waals surface area contributed by atoms with Crippen LogP contribution in [0.5, 0.6) is 0 Å². The highest BCUT2D eigenvalue weighted by molar-refractivity contribution is 7.89. The number of benzene rings is 1. The Morgan fingerprint density at radius 2 is 1.87 bits per heavy atom. The number of anilines is 1. The number of hydrogen-bond donors (Lipinski definition) is 1. The van der Waals surface area contributed by atoms with Gasteiger partial charge in [-0.2, -0.15) is 9.40 Å². The molecule has 124 valence electrons. The summed E-state index contributed by atoms with van der Waals surface area (Å²) in [6.07, 6.45) is 0. The van der Waals surface area contributed by atoms with E-state index in [1.165, 1.54) is 22.5 Å². The van der Waals surface area contributed by atoms with Crippen LogP contribution < -0.4 is 4.90 Å². The van der Waals surface area contributed by atoms with E-state index >= 15 is 0 Å². The smallest absolute Gasteiger partial charge is 0.243 e. The number of aromatic amines is 1. The molecule has 1 aromatic heterocycles. The van der Waals surface area contributed by atoms with E-state index < -0.39 is 15.8 Å². The molecule has 3 rings (SSSR count). The zero-order valence-electron chi connectivity index (χ0n) is 13.1. The first-order valence-electron chi connectivity index (χ1n) is 7.42. The Kier molecular flexibility index (Phi) is 4.11. The molecule has 1 aliphatic rings. The largest absolute Gasteiger partial charge is 0.366 e. The Labute approximate surface area is 135 Å². The SMILES string of the molecule is Cc1n[nH]c(C)c1N1CCN(S(=O)(=O)c2cccc(F)c2)CC1. The summed E-state index contributed by atoms with van der Waals surface area (Å²) in [6.45, 7) is 5.76. The molecule has 0 bridgehead atoms. The van der Waals surface area contributed by atoms with Crippen molar-refractivity contribution >= 4 is 15.7 Å². The number of H-pyrrole nitrogens is 1. The van der Waals surface area contributed by atoms with Gasteiger partial charge in [0.15, 0.2) is 0 Å². The van der Waals surface area contributed by atoms with Crippen molar-refractivity contribution in [3.8, 4) is 0 Å². The monoisotopic (exact) mass is 338 g/mol. The summed E-state index contributed by atoms with van der Waals surface area (Å²) in [4.78, 5) is 2.13. The van der Waals surface area contributed by atoms with Gasteiger partial charge in [0.25, 0.3) is 0 Å². The van der Waals surface area contributed by atoms with Gasteiger partial charge in [0.2, 0.25) is 10.0 Å². The molecule has 8 heteroatoms. The third kappa shape index (κ3) is 2.96. The second-order valence-electron chi connectivity index (χ2n) is 5.63. The topological polar surface area (TPSA) is 69.3 Å². The highest BCUT2D eigenvalue weighted by Crippen LogP contribution is 2.25. The van der Waals surface area contributed by atoms with E-state index in [0.717, 1.165) is 23.1 Å². The van der Waals surface area contributed by atoms with Crippen molar-refractivity contribution in [1.82, 2.24) is 14.5 Å². The van der Waals surface area contributed by atoms with Crippen molar-refractivity contribution < 1.29 is 12.8 Å². The fourth-order valence-corrected chi connectivity index (χ4v) is 4.39. The lowest BCUT2D eigenvalue weighted by Gasteiger charge is -2.35. The van der Waals surface area contributed by atoms with Crippen molar-refractivity contribution in [2.45, 2.75) is 18.7 Å². The quantitative estimate of drug-likeness (QED) is 0.924. The van der Waals surface area contributed by atoms with Crippen molar-refractivity contribution in [1.29, 1.82) is 0 Å². The summed E-state index contributed by atoms with van der Waals surface area (Å²) >= 11 is 0. The minimum Gasteiger partial charge on any atom is -0.366 e.